The number of aromatic nitrogens is 4. The first kappa shape index (κ1) is 23.7. The molecule has 4 rings (SSSR count). The van der Waals surface area contributed by atoms with Crippen molar-refractivity contribution in [1.29, 1.82) is 0 Å². The lowest BCUT2D eigenvalue weighted by Crippen LogP contribution is -2.53. The van der Waals surface area contributed by atoms with Crippen LogP contribution in [-0.4, -0.2) is 86.9 Å². The fourth-order valence-electron chi connectivity index (χ4n) is 4.01. The van der Waals surface area contributed by atoms with E-state index in [-0.39, 0.29) is 6.42 Å². The van der Waals surface area contributed by atoms with Crippen LogP contribution < -0.4 is 16.0 Å². The molecule has 0 radical (unpaired) electrons. The van der Waals surface area contributed by atoms with Gasteiger partial charge < -0.3 is 30.9 Å². The number of nitrogens with one attached hydrogen (secondary N) is 1. The van der Waals surface area contributed by atoms with Gasteiger partial charge in [0.2, 0.25) is 5.91 Å². The van der Waals surface area contributed by atoms with Crippen LogP contribution in [0, 0.1) is 0 Å². The van der Waals surface area contributed by atoms with Crippen molar-refractivity contribution < 1.29 is 24.5 Å². The topological polar surface area (TPSA) is 169 Å². The Morgan fingerprint density at radius 2 is 2.03 bits per heavy atom. The Hall–Kier alpha value is -3.45. The van der Waals surface area contributed by atoms with Crippen LogP contribution in [0.15, 0.2) is 36.9 Å². The molecule has 2 aromatic heterocycles. The molecule has 1 saturated heterocycles. The van der Waals surface area contributed by atoms with Gasteiger partial charge in [0.15, 0.2) is 23.2 Å². The zero-order valence-corrected chi connectivity index (χ0v) is 18.8. The van der Waals surface area contributed by atoms with Crippen molar-refractivity contribution >= 4 is 29.2 Å². The highest BCUT2D eigenvalue weighted by molar-refractivity contribution is 5.83. The third-order valence-electron chi connectivity index (χ3n) is 5.81. The highest BCUT2D eigenvalue weighted by Gasteiger charge is 2.46. The van der Waals surface area contributed by atoms with Gasteiger partial charge in [-0.1, -0.05) is 24.3 Å². The number of carbonyl (C=O) groups excluding carboxylic acids is 2. The van der Waals surface area contributed by atoms with Crippen molar-refractivity contribution in [3.05, 3.63) is 48.0 Å². The fraction of sp³-hybridized carbons (Fsp3) is 0.409. The van der Waals surface area contributed by atoms with Gasteiger partial charge >= 0.3 is 0 Å². The van der Waals surface area contributed by atoms with Gasteiger partial charge in [-0.25, -0.2) is 15.0 Å². The summed E-state index contributed by atoms with van der Waals surface area (Å²) in [6.07, 6.45) is 0.836. The van der Waals surface area contributed by atoms with Gasteiger partial charge in [0.1, 0.15) is 24.8 Å². The Morgan fingerprint density at radius 3 is 2.68 bits per heavy atom. The number of carbonyl (C=O) groups is 2. The van der Waals surface area contributed by atoms with Crippen molar-refractivity contribution in [3.8, 4) is 0 Å². The lowest BCUT2D eigenvalue weighted by Gasteiger charge is -2.23. The maximum atomic E-state index is 12.8. The molecule has 1 aliphatic rings. The van der Waals surface area contributed by atoms with Crippen LogP contribution in [-0.2, 0) is 16.0 Å². The summed E-state index contributed by atoms with van der Waals surface area (Å²) in [5.41, 5.74) is 8.36. The summed E-state index contributed by atoms with van der Waals surface area (Å²) in [6, 6.07) is 4.94. The molecule has 180 valence electrons. The van der Waals surface area contributed by atoms with E-state index in [9.17, 15) is 19.8 Å². The summed E-state index contributed by atoms with van der Waals surface area (Å²) in [6.45, 7) is -0.425. The number of rotatable bonds is 8. The smallest absolute Gasteiger partial charge is 0.237 e. The van der Waals surface area contributed by atoms with E-state index in [4.69, 9.17) is 10.5 Å². The van der Waals surface area contributed by atoms with Crippen LogP contribution in [0.5, 0.6) is 0 Å². The van der Waals surface area contributed by atoms with Gasteiger partial charge in [0, 0.05) is 19.7 Å². The molecule has 1 aromatic carbocycles. The predicted molar refractivity (Wildman–Crippen MR) is 122 cm³/mol. The number of ether oxygens (including phenoxy) is 1. The van der Waals surface area contributed by atoms with Crippen LogP contribution in [0.1, 0.15) is 22.1 Å². The van der Waals surface area contributed by atoms with Crippen LogP contribution in [0.3, 0.4) is 0 Å². The van der Waals surface area contributed by atoms with Gasteiger partial charge in [0.25, 0.3) is 0 Å². The zero-order valence-electron chi connectivity index (χ0n) is 18.8. The number of aliphatic hydroxyl groups is 2. The van der Waals surface area contributed by atoms with Gasteiger partial charge in [-0.2, -0.15) is 0 Å². The normalized spacial score (nSPS) is 23.1. The summed E-state index contributed by atoms with van der Waals surface area (Å²) >= 11 is 0. The lowest BCUT2D eigenvalue weighted by molar-refractivity contribution is -0.124. The fourth-order valence-corrected chi connectivity index (χ4v) is 4.01. The second-order valence-electron chi connectivity index (χ2n) is 8.36. The number of anilines is 1. The number of nitrogens with zero attached hydrogens (tertiary/aromatic N) is 5. The molecule has 12 heteroatoms. The molecule has 34 heavy (non-hydrogen) atoms. The SMILES string of the molecule is CN(C)c1ncnc2c1ncn2[C@@H]1O[C@H](CO)C(NC(=O)C(N)Cc2ccc(C=O)cc2)[C@@H]1O. The van der Waals surface area contributed by atoms with Gasteiger partial charge in [0.05, 0.1) is 25.0 Å². The molecule has 3 aromatic rings. The Kier molecular flexibility index (Phi) is 6.84. The minimum atomic E-state index is -1.20. The summed E-state index contributed by atoms with van der Waals surface area (Å²) in [4.78, 5) is 38.2. The third kappa shape index (κ3) is 4.48. The summed E-state index contributed by atoms with van der Waals surface area (Å²) in [5.74, 6) is 0.103. The molecule has 3 heterocycles. The minimum absolute atomic E-state index is 0.234. The van der Waals surface area contributed by atoms with Gasteiger partial charge in [-0.05, 0) is 12.0 Å². The van der Waals surface area contributed by atoms with Crippen molar-refractivity contribution in [2.75, 3.05) is 25.6 Å². The molecule has 5 N–H and O–H groups in total. The van der Waals surface area contributed by atoms with Gasteiger partial charge in [-0.15, -0.1) is 0 Å². The van der Waals surface area contributed by atoms with Gasteiger partial charge in [-0.3, -0.25) is 14.2 Å². The van der Waals surface area contributed by atoms with E-state index < -0.39 is 43.0 Å². The van der Waals surface area contributed by atoms with E-state index >= 15 is 0 Å². The number of hydrogen-bond acceptors (Lipinski definition) is 10. The average molecular weight is 470 g/mol. The number of hydrogen-bond donors (Lipinski definition) is 4. The Balaban J connectivity index is 1.50. The van der Waals surface area contributed by atoms with E-state index in [2.05, 4.69) is 20.3 Å². The Bertz CT molecular complexity index is 1170. The Labute approximate surface area is 195 Å². The predicted octanol–water partition coefficient (Wildman–Crippen LogP) is -0.990. The molecule has 12 nitrogen and oxygen atoms in total. The molecule has 0 saturated carbocycles. The average Bonchev–Trinajstić information content (AvgIpc) is 3.40. The summed E-state index contributed by atoms with van der Waals surface area (Å²) in [7, 11) is 3.66. The third-order valence-corrected chi connectivity index (χ3v) is 5.81. The quantitative estimate of drug-likeness (QED) is 0.301. The largest absolute Gasteiger partial charge is 0.394 e. The number of aliphatic hydroxyl groups excluding tert-OH is 2. The van der Waals surface area contributed by atoms with E-state index in [1.54, 1.807) is 33.7 Å². The van der Waals surface area contributed by atoms with E-state index in [1.807, 2.05) is 14.1 Å². The number of nitrogens with two attached hydrogens (primary N) is 1. The molecule has 2 unspecified atom stereocenters. The monoisotopic (exact) mass is 469 g/mol. The number of amides is 1. The molecule has 1 amide bonds. The highest BCUT2D eigenvalue weighted by atomic mass is 16.5. The van der Waals surface area contributed by atoms with Crippen molar-refractivity contribution in [3.63, 3.8) is 0 Å². The number of benzene rings is 1. The summed E-state index contributed by atoms with van der Waals surface area (Å²) in [5, 5.41) is 23.6. The molecule has 0 bridgehead atoms. The maximum absolute atomic E-state index is 12.8. The first-order valence-electron chi connectivity index (χ1n) is 10.7. The first-order valence-corrected chi connectivity index (χ1v) is 10.7. The van der Waals surface area contributed by atoms with Crippen LogP contribution >= 0.6 is 0 Å². The highest BCUT2D eigenvalue weighted by Crippen LogP contribution is 2.32. The molecule has 5 atom stereocenters. The van der Waals surface area contributed by atoms with Crippen LogP contribution in [0.25, 0.3) is 11.2 Å². The van der Waals surface area contributed by atoms with E-state index in [1.165, 1.54) is 12.7 Å². The van der Waals surface area contributed by atoms with Crippen LogP contribution in [0.4, 0.5) is 5.82 Å². The van der Waals surface area contributed by atoms with Crippen LogP contribution in [0.2, 0.25) is 0 Å². The number of imidazole rings is 1. The molecule has 1 aliphatic heterocycles. The molecular weight excluding hydrogens is 442 g/mol. The van der Waals surface area contributed by atoms with E-state index in [0.29, 0.717) is 22.5 Å². The molecule has 0 spiro atoms. The van der Waals surface area contributed by atoms with Crippen molar-refractivity contribution in [2.24, 2.45) is 5.73 Å². The standard InChI is InChI=1S/C22H27N7O5/c1-28(2)19-17-20(25-10-24-19)29(11-26-17)22-18(32)16(15(9-31)34-22)27-21(33)14(23)7-12-3-5-13(8-30)6-4-12/h3-6,8,10-11,14-16,18,22,31-32H,7,9,23H2,1-2H3,(H,27,33)/t14?,15-,16?,18+,22-/m1/s1. The second kappa shape index (κ2) is 9.81. The Morgan fingerprint density at radius 1 is 1.29 bits per heavy atom. The first-order chi connectivity index (χ1) is 16.3. The summed E-state index contributed by atoms with van der Waals surface area (Å²) < 4.78 is 7.43. The molecular formula is C22H27N7O5. The minimum Gasteiger partial charge on any atom is -0.394 e. The van der Waals surface area contributed by atoms with Crippen molar-refractivity contribution in [1.82, 2.24) is 24.8 Å². The lowest BCUT2D eigenvalue weighted by atomic mass is 10.0. The molecule has 1 fully saturated rings. The maximum Gasteiger partial charge on any atom is 0.237 e. The van der Waals surface area contributed by atoms with E-state index in [0.717, 1.165) is 11.8 Å². The number of fused-ring (bicyclic) bond motifs is 1. The number of aldehydes is 1. The zero-order chi connectivity index (χ0) is 24.4. The molecule has 0 aliphatic carbocycles. The second-order valence-corrected chi connectivity index (χ2v) is 8.36. The van der Waals surface area contributed by atoms with Crippen molar-refractivity contribution in [2.45, 2.75) is 36.9 Å².